The summed E-state index contributed by atoms with van der Waals surface area (Å²) < 4.78 is 26.8. The second-order valence-electron chi connectivity index (χ2n) is 24.8. The van der Waals surface area contributed by atoms with E-state index in [1.807, 2.05) is 0 Å². The van der Waals surface area contributed by atoms with Gasteiger partial charge < -0.3 is 63.6 Å². The maximum absolute atomic E-state index is 10.2. The molecule has 0 amide bonds. The summed E-state index contributed by atoms with van der Waals surface area (Å²) >= 11 is 0. The van der Waals surface area contributed by atoms with Gasteiger partial charge >= 0.3 is 0 Å². The van der Waals surface area contributed by atoms with Crippen molar-refractivity contribution in [2.75, 3.05) is 60.7 Å². The van der Waals surface area contributed by atoms with E-state index >= 15 is 0 Å². The summed E-state index contributed by atoms with van der Waals surface area (Å²) in [5.41, 5.74) is 0. The van der Waals surface area contributed by atoms with Crippen molar-refractivity contribution in [1.82, 2.24) is 0 Å². The molecule has 5 N–H and O–H groups in total. The van der Waals surface area contributed by atoms with E-state index in [-0.39, 0.29) is 13.2 Å². The Bertz CT molecular complexity index is 1220. The van der Waals surface area contributed by atoms with Crippen LogP contribution in [0.15, 0.2) is 0 Å². The molecule has 13 nitrogen and oxygen atoms in total. The molecule has 2 saturated heterocycles. The molecule has 0 aromatic carbocycles. The van der Waals surface area contributed by atoms with Crippen LogP contribution in [0.2, 0.25) is 0 Å². The predicted molar refractivity (Wildman–Crippen MR) is 329 cm³/mol. The van der Waals surface area contributed by atoms with Crippen molar-refractivity contribution in [2.24, 2.45) is 0 Å². The zero-order valence-electron chi connectivity index (χ0n) is 53.8. The van der Waals surface area contributed by atoms with Gasteiger partial charge in [0.05, 0.1) is 64.7 Å². The quantitative estimate of drug-likeness (QED) is 0.0287. The highest BCUT2D eigenvalue weighted by Crippen LogP contribution is 2.25. The zero-order chi connectivity index (χ0) is 59.3. The number of carboxylic acids is 1. The van der Waals surface area contributed by atoms with Crippen LogP contribution in [0.3, 0.4) is 0 Å². The van der Waals surface area contributed by atoms with Crippen LogP contribution in [0.4, 0.5) is 0 Å². The molecule has 480 valence electrons. The third kappa shape index (κ3) is 42.8. The van der Waals surface area contributed by atoms with E-state index in [0.717, 1.165) is 0 Å². The largest absolute Gasteiger partial charge is 0.548 e. The number of carbonyl (C=O) groups excluding carboxylic acids is 1. The minimum atomic E-state index is -1.33. The van der Waals surface area contributed by atoms with Gasteiger partial charge in [-0.25, -0.2) is 0 Å². The van der Waals surface area contributed by atoms with Crippen LogP contribution in [-0.2, 0) is 28.5 Å². The van der Waals surface area contributed by atoms with Gasteiger partial charge in [0.1, 0.15) is 48.8 Å². The molecule has 2 aliphatic rings. The number of carboxylic acid groups (broad SMARTS) is 1. The van der Waals surface area contributed by atoms with Gasteiger partial charge in [-0.3, -0.25) is 0 Å². The fourth-order valence-corrected chi connectivity index (χ4v) is 11.8. The monoisotopic (exact) mass is 1150 g/mol. The third-order valence-corrected chi connectivity index (χ3v) is 17.2. The molecule has 0 spiro atoms. The zero-order valence-corrected chi connectivity index (χ0v) is 53.8. The number of unbranched alkanes of at least 4 members (excludes halogenated alkanes) is 39. The summed E-state index contributed by atoms with van der Waals surface area (Å²) in [6.07, 6.45) is 53.9. The molecule has 0 saturated carbocycles. The van der Waals surface area contributed by atoms with Crippen LogP contribution >= 0.6 is 0 Å². The number of aliphatic hydroxyl groups is 5. The maximum Gasteiger partial charge on any atom is 0.114 e. The molecule has 80 heavy (non-hydrogen) atoms. The van der Waals surface area contributed by atoms with Crippen LogP contribution in [0, 0.1) is 0 Å². The van der Waals surface area contributed by atoms with Crippen molar-refractivity contribution >= 4 is 5.97 Å². The van der Waals surface area contributed by atoms with Gasteiger partial charge in [0.15, 0.2) is 0 Å². The molecule has 10 unspecified atom stereocenters. The lowest BCUT2D eigenvalue weighted by molar-refractivity contribution is -0.910. The minimum Gasteiger partial charge on any atom is -0.548 e. The Kier molecular flexibility index (Phi) is 55.2. The molecule has 2 heterocycles. The molecule has 0 aromatic rings. The first-order valence-electron chi connectivity index (χ1n) is 34.1. The van der Waals surface area contributed by atoms with Gasteiger partial charge in [0.25, 0.3) is 0 Å². The van der Waals surface area contributed by atoms with E-state index in [1.54, 1.807) is 13.8 Å². The Morgan fingerprint density at radius 1 is 0.412 bits per heavy atom. The Hall–Kier alpha value is -0.970. The molecule has 0 radical (unpaired) electrons. The summed E-state index contributed by atoms with van der Waals surface area (Å²) in [5, 5.41) is 57.4. The fourth-order valence-electron chi connectivity index (χ4n) is 11.8. The van der Waals surface area contributed by atoms with Crippen LogP contribution in [0.1, 0.15) is 304 Å². The molecule has 2 fully saturated rings. The van der Waals surface area contributed by atoms with Crippen molar-refractivity contribution in [1.29, 1.82) is 0 Å². The normalized spacial score (nSPS) is 23.1. The predicted octanol–water partition coefficient (Wildman–Crippen LogP) is 13.7. The second kappa shape index (κ2) is 55.9. The smallest absolute Gasteiger partial charge is 0.114 e. The highest BCUT2D eigenvalue weighted by atomic mass is 16.6. The van der Waals surface area contributed by atoms with Crippen LogP contribution in [-0.4, -0.2) is 158 Å². The molecule has 2 rings (SSSR count). The van der Waals surface area contributed by atoms with Gasteiger partial charge in [0.2, 0.25) is 0 Å². The Morgan fingerprint density at radius 2 is 0.650 bits per heavy atom. The Balaban J connectivity index is 0.00000166. The SMILES string of the molecule is CCCCCCCCCCCCCCCC[N+](C)(CCCCCCCCCCCCCCCC)CCCCCCCCCCCCCCCC.COC1C(CO)OC(C)C(O)C1O.COC1C(COCC(=O)[O-])OC(C)C(O)C1O. The van der Waals surface area contributed by atoms with E-state index in [4.69, 9.17) is 28.8 Å². The van der Waals surface area contributed by atoms with Crippen molar-refractivity contribution in [3.8, 4) is 0 Å². The lowest BCUT2D eigenvalue weighted by Crippen LogP contribution is -2.58. The van der Waals surface area contributed by atoms with Crippen molar-refractivity contribution in [2.45, 2.75) is 365 Å². The number of nitrogens with zero attached hydrogens (tertiary/aromatic N) is 1. The lowest BCUT2D eigenvalue weighted by Gasteiger charge is -2.40. The van der Waals surface area contributed by atoms with Crippen LogP contribution in [0.25, 0.3) is 0 Å². The summed E-state index contributed by atoms with van der Waals surface area (Å²) in [6, 6.07) is 0. The number of methoxy groups -OCH3 is 2. The second-order valence-corrected chi connectivity index (χ2v) is 24.8. The number of carbonyl (C=O) groups is 1. The fraction of sp³-hybridized carbons (Fsp3) is 0.985. The number of quaternary nitrogens is 1. The minimum absolute atomic E-state index is 0.0550. The topological polar surface area (TPSA) is 187 Å². The van der Waals surface area contributed by atoms with Gasteiger partial charge in [-0.2, -0.15) is 0 Å². The molecule has 0 bridgehead atoms. The number of aliphatic hydroxyl groups excluding tert-OH is 5. The Morgan fingerprint density at radius 3 is 0.887 bits per heavy atom. The molecular formula is C67H135NO12. The van der Waals surface area contributed by atoms with E-state index in [2.05, 4.69) is 27.8 Å². The average molecular weight is 1150 g/mol. The lowest BCUT2D eigenvalue weighted by atomic mass is 9.96. The Labute approximate surface area is 493 Å². The van der Waals surface area contributed by atoms with Gasteiger partial charge in [-0.05, 0) is 52.4 Å². The van der Waals surface area contributed by atoms with Gasteiger partial charge in [-0.1, -0.05) is 252 Å². The summed E-state index contributed by atoms with van der Waals surface area (Å²) in [7, 11) is 5.40. The molecule has 10 atom stereocenters. The summed E-state index contributed by atoms with van der Waals surface area (Å²) in [5.74, 6) is -1.33. The maximum atomic E-state index is 10.2. The van der Waals surface area contributed by atoms with E-state index < -0.39 is 73.6 Å². The van der Waals surface area contributed by atoms with Gasteiger partial charge in [-0.15, -0.1) is 0 Å². The molecule has 0 aromatic heterocycles. The van der Waals surface area contributed by atoms with Crippen molar-refractivity contribution < 1.29 is 63.6 Å². The van der Waals surface area contributed by atoms with E-state index in [1.165, 1.54) is 308 Å². The number of hydrogen-bond acceptors (Lipinski definition) is 12. The highest BCUT2D eigenvalue weighted by molar-refractivity contribution is 5.65. The van der Waals surface area contributed by atoms with E-state index in [0.29, 0.717) is 0 Å². The highest BCUT2D eigenvalue weighted by Gasteiger charge is 2.44. The van der Waals surface area contributed by atoms with Crippen molar-refractivity contribution in [3.63, 3.8) is 0 Å². The molecule has 13 heteroatoms. The van der Waals surface area contributed by atoms with Crippen LogP contribution < -0.4 is 5.11 Å². The summed E-state index contributed by atoms with van der Waals surface area (Å²) in [4.78, 5) is 10.2. The number of aliphatic carboxylic acids is 1. The number of ether oxygens (including phenoxy) is 5. The van der Waals surface area contributed by atoms with E-state index in [9.17, 15) is 30.3 Å². The molecule has 2 aliphatic heterocycles. The van der Waals surface area contributed by atoms with Gasteiger partial charge in [0, 0.05) is 14.2 Å². The molecular weight excluding hydrogens is 1010 g/mol. The number of hydrogen-bond donors (Lipinski definition) is 5. The standard InChI is InChI=1S/C49H102N.C10H18O7.C8H16O5/c1-5-8-11-14-17-20-23-26-29-32-35-38-41-44-47-50(4,48-45-42-39-36-33-30-27-24-21-18-15-12-9-6-2)49-46-43-40-37-34-31-28-25-22-19-16-13-10-7-3;1-5-8(13)9(14)10(15-2)6(17-5)3-16-4-7(11)12;1-4-6(10)7(11)8(12-2)5(3-9)13-4/h5-49H2,1-4H3;5-6,8-10,13-14H,3-4H2,1-2H3,(H,11,12);4-11H,3H2,1-2H3/q+1;;/p-1. The molecule has 0 aliphatic carbocycles. The summed E-state index contributed by atoms with van der Waals surface area (Å²) in [6.45, 7) is 13.7. The third-order valence-electron chi connectivity index (χ3n) is 17.2. The van der Waals surface area contributed by atoms with Crippen LogP contribution in [0.5, 0.6) is 0 Å². The average Bonchev–Trinajstić information content (AvgIpc) is 3.44. The van der Waals surface area contributed by atoms with Crippen molar-refractivity contribution in [3.05, 3.63) is 0 Å². The first kappa shape index (κ1) is 79.0. The first-order chi connectivity index (χ1) is 38.8. The first-order valence-corrected chi connectivity index (χ1v) is 34.1. The number of rotatable bonds is 52.